The Hall–Kier alpha value is -3.80. The second-order valence-electron chi connectivity index (χ2n) is 8.91. The quantitative estimate of drug-likeness (QED) is 0.325. The van der Waals surface area contributed by atoms with Crippen LogP contribution in [-0.2, 0) is 0 Å². The highest BCUT2D eigenvalue weighted by molar-refractivity contribution is 6.28. The minimum Gasteiger partial charge on any atom is -0.494 e. The van der Waals surface area contributed by atoms with Crippen LogP contribution in [-0.4, -0.2) is 30.6 Å². The van der Waals surface area contributed by atoms with E-state index in [9.17, 15) is 4.79 Å². The summed E-state index contributed by atoms with van der Waals surface area (Å²) in [7, 11) is 0. The molecular formula is C28H27N3O3. The van der Waals surface area contributed by atoms with Gasteiger partial charge in [0.05, 0.1) is 28.9 Å². The van der Waals surface area contributed by atoms with Crippen LogP contribution in [0.5, 0.6) is 5.75 Å². The van der Waals surface area contributed by atoms with Gasteiger partial charge in [0.25, 0.3) is 0 Å². The van der Waals surface area contributed by atoms with Crippen LogP contribution in [0, 0.1) is 0 Å². The molecule has 2 aliphatic rings. The Labute approximate surface area is 198 Å². The lowest BCUT2D eigenvalue weighted by Gasteiger charge is -2.26. The SMILES string of the molecule is CCOc1ccc(Nc2cc(N3CCCCCC3)c3noc4c3c2C(=O)c2ccccc2-4)cc1. The van der Waals surface area contributed by atoms with E-state index in [0.29, 0.717) is 23.5 Å². The molecule has 6 nitrogen and oxygen atoms in total. The third-order valence-corrected chi connectivity index (χ3v) is 6.77. The first kappa shape index (κ1) is 20.8. The molecule has 0 radical (unpaired) electrons. The van der Waals surface area contributed by atoms with Gasteiger partial charge in [-0.1, -0.05) is 42.3 Å². The number of rotatable bonds is 5. The van der Waals surface area contributed by atoms with Gasteiger partial charge in [0.15, 0.2) is 11.5 Å². The molecule has 0 spiro atoms. The summed E-state index contributed by atoms with van der Waals surface area (Å²) < 4.78 is 11.5. The van der Waals surface area contributed by atoms with Crippen molar-refractivity contribution in [2.75, 3.05) is 29.9 Å². The smallest absolute Gasteiger partial charge is 0.196 e. The zero-order valence-corrected chi connectivity index (χ0v) is 19.3. The molecule has 1 fully saturated rings. The lowest BCUT2D eigenvalue weighted by atomic mass is 9.86. The molecule has 6 rings (SSSR count). The van der Waals surface area contributed by atoms with Crippen molar-refractivity contribution in [1.29, 1.82) is 0 Å². The number of carbonyl (C=O) groups excluding carboxylic acids is 1. The van der Waals surface area contributed by atoms with Gasteiger partial charge < -0.3 is 19.5 Å². The molecule has 3 aromatic carbocycles. The van der Waals surface area contributed by atoms with Crippen molar-refractivity contribution < 1.29 is 14.1 Å². The lowest BCUT2D eigenvalue weighted by molar-refractivity contribution is 0.104. The highest BCUT2D eigenvalue weighted by Crippen LogP contribution is 2.46. The topological polar surface area (TPSA) is 67.6 Å². The van der Waals surface area contributed by atoms with Gasteiger partial charge in [-0.05, 0) is 50.1 Å². The molecule has 0 atom stereocenters. The Morgan fingerprint density at radius 3 is 2.47 bits per heavy atom. The maximum Gasteiger partial charge on any atom is 0.196 e. The van der Waals surface area contributed by atoms with E-state index in [4.69, 9.17) is 9.26 Å². The van der Waals surface area contributed by atoms with Crippen molar-refractivity contribution in [3.63, 3.8) is 0 Å². The van der Waals surface area contributed by atoms with Crippen molar-refractivity contribution in [2.24, 2.45) is 0 Å². The molecule has 6 heteroatoms. The number of hydrogen-bond donors (Lipinski definition) is 1. The first-order chi connectivity index (χ1) is 16.7. The summed E-state index contributed by atoms with van der Waals surface area (Å²) >= 11 is 0. The largest absolute Gasteiger partial charge is 0.494 e. The molecule has 34 heavy (non-hydrogen) atoms. The summed E-state index contributed by atoms with van der Waals surface area (Å²) in [5, 5.41) is 8.82. The number of benzene rings is 3. The Bertz CT molecular complexity index is 1370. The Morgan fingerprint density at radius 1 is 1.00 bits per heavy atom. The van der Waals surface area contributed by atoms with E-state index in [0.717, 1.165) is 65.2 Å². The fourth-order valence-electron chi connectivity index (χ4n) is 5.15. The molecule has 1 aliphatic carbocycles. The van der Waals surface area contributed by atoms with Crippen LogP contribution in [0.1, 0.15) is 48.5 Å². The Morgan fingerprint density at radius 2 is 1.74 bits per heavy atom. The first-order valence-corrected chi connectivity index (χ1v) is 12.1. The van der Waals surface area contributed by atoms with Crippen LogP contribution in [0.15, 0.2) is 59.1 Å². The number of ketones is 1. The van der Waals surface area contributed by atoms with Crippen molar-refractivity contribution in [2.45, 2.75) is 32.6 Å². The van der Waals surface area contributed by atoms with Crippen LogP contribution in [0.4, 0.5) is 17.1 Å². The maximum absolute atomic E-state index is 13.7. The van der Waals surface area contributed by atoms with Crippen molar-refractivity contribution in [3.8, 4) is 17.1 Å². The standard InChI is InChI=1S/C28H27N3O3/c1-2-33-19-13-11-18(12-14-19)29-22-17-23(31-15-7-3-4-8-16-31)26-25-24(22)27(32)20-9-5-6-10-21(20)28(25)34-30-26/h5-6,9-14,17,29H,2-4,7-8,15-16H2,1H3. The van der Waals surface area contributed by atoms with Gasteiger partial charge >= 0.3 is 0 Å². The van der Waals surface area contributed by atoms with Crippen molar-refractivity contribution in [1.82, 2.24) is 5.16 Å². The number of hydrogen-bond acceptors (Lipinski definition) is 6. The van der Waals surface area contributed by atoms with Gasteiger partial charge in [0.2, 0.25) is 0 Å². The Kier molecular flexibility index (Phi) is 5.21. The van der Waals surface area contributed by atoms with E-state index in [-0.39, 0.29) is 5.78 Å². The van der Waals surface area contributed by atoms with Gasteiger partial charge in [-0.25, -0.2) is 0 Å². The predicted molar refractivity (Wildman–Crippen MR) is 134 cm³/mol. The molecule has 1 aliphatic heterocycles. The minimum absolute atomic E-state index is 0.00727. The van der Waals surface area contributed by atoms with Gasteiger partial charge in [-0.3, -0.25) is 4.79 Å². The summed E-state index contributed by atoms with van der Waals surface area (Å²) in [5.41, 5.74) is 5.54. The fraction of sp³-hybridized carbons (Fsp3) is 0.286. The average molecular weight is 454 g/mol. The minimum atomic E-state index is -0.00727. The highest BCUT2D eigenvalue weighted by atomic mass is 16.5. The number of nitrogens with one attached hydrogen (secondary N) is 1. The third kappa shape index (κ3) is 3.41. The number of carbonyl (C=O) groups is 1. The lowest BCUT2D eigenvalue weighted by Crippen LogP contribution is -2.24. The van der Waals surface area contributed by atoms with Gasteiger partial charge in [-0.2, -0.15) is 0 Å². The molecular weight excluding hydrogens is 426 g/mol. The van der Waals surface area contributed by atoms with Crippen LogP contribution < -0.4 is 15.0 Å². The summed E-state index contributed by atoms with van der Waals surface area (Å²) in [5.74, 6) is 1.49. The van der Waals surface area contributed by atoms with E-state index in [1.165, 1.54) is 12.8 Å². The molecule has 0 saturated carbocycles. The monoisotopic (exact) mass is 453 g/mol. The Balaban J connectivity index is 1.53. The molecule has 0 amide bonds. The molecule has 1 aromatic heterocycles. The second-order valence-corrected chi connectivity index (χ2v) is 8.91. The van der Waals surface area contributed by atoms with Crippen LogP contribution in [0.3, 0.4) is 0 Å². The van der Waals surface area contributed by atoms with Gasteiger partial charge in [0.1, 0.15) is 11.3 Å². The van der Waals surface area contributed by atoms with Crippen molar-refractivity contribution >= 4 is 33.7 Å². The maximum atomic E-state index is 13.7. The highest BCUT2D eigenvalue weighted by Gasteiger charge is 2.33. The van der Waals surface area contributed by atoms with Crippen LogP contribution in [0.2, 0.25) is 0 Å². The zero-order valence-electron chi connectivity index (χ0n) is 19.3. The van der Waals surface area contributed by atoms with Gasteiger partial charge in [-0.15, -0.1) is 0 Å². The molecule has 1 N–H and O–H groups in total. The second kappa shape index (κ2) is 8.52. The predicted octanol–water partition coefficient (Wildman–Crippen LogP) is 6.56. The molecule has 1 saturated heterocycles. The molecule has 172 valence electrons. The normalized spacial score (nSPS) is 15.2. The third-order valence-electron chi connectivity index (χ3n) is 6.77. The van der Waals surface area contributed by atoms with E-state index in [1.807, 2.05) is 55.5 Å². The summed E-state index contributed by atoms with van der Waals surface area (Å²) in [6.07, 6.45) is 4.78. The van der Waals surface area contributed by atoms with E-state index in [2.05, 4.69) is 21.4 Å². The first-order valence-electron chi connectivity index (χ1n) is 12.1. The number of anilines is 3. The zero-order chi connectivity index (χ0) is 23.1. The van der Waals surface area contributed by atoms with E-state index in [1.54, 1.807) is 0 Å². The average Bonchev–Trinajstić information content (AvgIpc) is 3.12. The molecule has 0 bridgehead atoms. The van der Waals surface area contributed by atoms with Crippen LogP contribution >= 0.6 is 0 Å². The van der Waals surface area contributed by atoms with Crippen molar-refractivity contribution in [3.05, 3.63) is 65.7 Å². The summed E-state index contributed by atoms with van der Waals surface area (Å²) in [6, 6.07) is 17.5. The number of nitrogens with zero attached hydrogens (tertiary/aromatic N) is 2. The number of fused-ring (bicyclic) bond motifs is 2. The summed E-state index contributed by atoms with van der Waals surface area (Å²) in [4.78, 5) is 16.1. The van der Waals surface area contributed by atoms with Crippen LogP contribution in [0.25, 0.3) is 22.2 Å². The van der Waals surface area contributed by atoms with Gasteiger partial charge in [0, 0.05) is 29.9 Å². The van der Waals surface area contributed by atoms with E-state index >= 15 is 0 Å². The molecule has 0 unspecified atom stereocenters. The number of aromatic nitrogens is 1. The summed E-state index contributed by atoms with van der Waals surface area (Å²) in [6.45, 7) is 4.54. The van der Waals surface area contributed by atoms with E-state index < -0.39 is 0 Å². The fourth-order valence-corrected chi connectivity index (χ4v) is 5.15. The number of ether oxygens (including phenoxy) is 1. The molecule has 2 heterocycles. The molecule has 4 aromatic rings.